The Balaban J connectivity index is 2.20. The summed E-state index contributed by atoms with van der Waals surface area (Å²) in [4.78, 5) is 26.2. The van der Waals surface area contributed by atoms with Crippen molar-refractivity contribution in [2.75, 3.05) is 11.9 Å². The fourth-order valence-corrected chi connectivity index (χ4v) is 3.30. The van der Waals surface area contributed by atoms with E-state index >= 15 is 0 Å². The van der Waals surface area contributed by atoms with Crippen molar-refractivity contribution in [2.24, 2.45) is 0 Å². The monoisotopic (exact) mass is 390 g/mol. The molecular formula is C18H16BrFN2O2. The lowest BCUT2D eigenvalue weighted by Gasteiger charge is -2.30. The van der Waals surface area contributed by atoms with Gasteiger partial charge in [0.25, 0.3) is 0 Å². The van der Waals surface area contributed by atoms with Gasteiger partial charge in [0, 0.05) is 22.1 Å². The van der Waals surface area contributed by atoms with Crippen LogP contribution < -0.4 is 5.32 Å². The minimum atomic E-state index is -0.454. The standard InChI is InChI=1S/C18H16BrFN2O2/c1-2-17(24)22-10-16(23)21-15-8-5-12(19)9-14(15)18(22)11-3-6-13(20)7-4-11/h3-9,18H,2,10H2,1H3,(H,21,23)/t18-/m0/s1. The summed E-state index contributed by atoms with van der Waals surface area (Å²) < 4.78 is 14.2. The Bertz CT molecular complexity index is 792. The van der Waals surface area contributed by atoms with Gasteiger partial charge in [-0.25, -0.2) is 4.39 Å². The molecule has 1 heterocycles. The summed E-state index contributed by atoms with van der Waals surface area (Å²) in [5.74, 6) is -0.721. The number of benzene rings is 2. The molecule has 2 aromatic rings. The molecule has 0 fully saturated rings. The van der Waals surface area contributed by atoms with Gasteiger partial charge in [0.1, 0.15) is 12.4 Å². The molecule has 6 heteroatoms. The van der Waals surface area contributed by atoms with Crippen molar-refractivity contribution in [3.63, 3.8) is 0 Å². The Labute approximate surface area is 147 Å². The topological polar surface area (TPSA) is 49.4 Å². The highest BCUT2D eigenvalue weighted by Crippen LogP contribution is 2.37. The maximum Gasteiger partial charge on any atom is 0.244 e. The molecule has 1 atom stereocenters. The number of hydrogen-bond acceptors (Lipinski definition) is 2. The number of carbonyl (C=O) groups excluding carboxylic acids is 2. The predicted molar refractivity (Wildman–Crippen MR) is 93.0 cm³/mol. The molecule has 2 aromatic carbocycles. The van der Waals surface area contributed by atoms with Crippen molar-refractivity contribution in [1.29, 1.82) is 0 Å². The van der Waals surface area contributed by atoms with Gasteiger partial charge in [-0.3, -0.25) is 9.59 Å². The van der Waals surface area contributed by atoms with Gasteiger partial charge in [0.2, 0.25) is 11.8 Å². The largest absolute Gasteiger partial charge is 0.324 e. The third-order valence-corrected chi connectivity index (χ3v) is 4.51. The van der Waals surface area contributed by atoms with Crippen LogP contribution in [0.4, 0.5) is 10.1 Å². The van der Waals surface area contributed by atoms with Crippen molar-refractivity contribution >= 4 is 33.4 Å². The van der Waals surface area contributed by atoms with Gasteiger partial charge in [0.15, 0.2) is 0 Å². The summed E-state index contributed by atoms with van der Waals surface area (Å²) in [5.41, 5.74) is 2.21. The first-order chi connectivity index (χ1) is 11.5. The van der Waals surface area contributed by atoms with E-state index in [-0.39, 0.29) is 30.6 Å². The van der Waals surface area contributed by atoms with Crippen LogP contribution in [0, 0.1) is 5.82 Å². The summed E-state index contributed by atoms with van der Waals surface area (Å²) in [6, 6.07) is 11.1. The molecular weight excluding hydrogens is 375 g/mol. The van der Waals surface area contributed by atoms with Crippen LogP contribution in [0.1, 0.15) is 30.5 Å². The number of nitrogens with one attached hydrogen (secondary N) is 1. The normalized spacial score (nSPS) is 17.0. The molecule has 0 bridgehead atoms. The second-order valence-corrected chi connectivity index (χ2v) is 6.52. The quantitative estimate of drug-likeness (QED) is 0.845. The molecule has 0 aliphatic carbocycles. The van der Waals surface area contributed by atoms with E-state index in [2.05, 4.69) is 21.2 Å². The fourth-order valence-electron chi connectivity index (χ4n) is 2.92. The maximum atomic E-state index is 13.3. The number of amides is 2. The van der Waals surface area contributed by atoms with E-state index in [1.165, 1.54) is 12.1 Å². The molecule has 24 heavy (non-hydrogen) atoms. The van der Waals surface area contributed by atoms with Crippen molar-refractivity contribution in [1.82, 2.24) is 4.90 Å². The van der Waals surface area contributed by atoms with Gasteiger partial charge in [-0.2, -0.15) is 0 Å². The highest BCUT2D eigenvalue weighted by atomic mass is 79.9. The van der Waals surface area contributed by atoms with Crippen LogP contribution in [0.5, 0.6) is 0 Å². The van der Waals surface area contributed by atoms with Gasteiger partial charge in [-0.15, -0.1) is 0 Å². The van der Waals surface area contributed by atoms with Crippen LogP contribution in [0.25, 0.3) is 0 Å². The number of carbonyl (C=O) groups is 2. The molecule has 0 aromatic heterocycles. The summed E-state index contributed by atoms with van der Waals surface area (Å²) in [6.07, 6.45) is 0.286. The smallest absolute Gasteiger partial charge is 0.244 e. The second kappa shape index (κ2) is 6.73. The molecule has 1 aliphatic heterocycles. The van der Waals surface area contributed by atoms with Crippen LogP contribution in [0.2, 0.25) is 0 Å². The molecule has 3 rings (SSSR count). The highest BCUT2D eigenvalue weighted by Gasteiger charge is 2.32. The summed E-state index contributed by atoms with van der Waals surface area (Å²) >= 11 is 3.44. The van der Waals surface area contributed by atoms with Crippen molar-refractivity contribution < 1.29 is 14.0 Å². The molecule has 0 spiro atoms. The number of nitrogens with zero attached hydrogens (tertiary/aromatic N) is 1. The van der Waals surface area contributed by atoms with Gasteiger partial charge in [-0.1, -0.05) is 35.0 Å². The number of halogens is 2. The Morgan fingerprint density at radius 2 is 2.00 bits per heavy atom. The third kappa shape index (κ3) is 3.19. The molecule has 2 amide bonds. The Morgan fingerprint density at radius 3 is 2.67 bits per heavy atom. The first-order valence-corrected chi connectivity index (χ1v) is 8.43. The average Bonchev–Trinajstić information content (AvgIpc) is 2.71. The lowest BCUT2D eigenvalue weighted by molar-refractivity contribution is -0.135. The van der Waals surface area contributed by atoms with Crippen LogP contribution >= 0.6 is 15.9 Å². The van der Waals surface area contributed by atoms with Crippen LogP contribution in [0.3, 0.4) is 0 Å². The van der Waals surface area contributed by atoms with Gasteiger partial charge in [-0.05, 0) is 35.9 Å². The van der Waals surface area contributed by atoms with E-state index in [9.17, 15) is 14.0 Å². The van der Waals surface area contributed by atoms with Gasteiger partial charge >= 0.3 is 0 Å². The number of anilines is 1. The van der Waals surface area contributed by atoms with E-state index in [4.69, 9.17) is 0 Å². The summed E-state index contributed by atoms with van der Waals surface area (Å²) in [7, 11) is 0. The zero-order chi connectivity index (χ0) is 17.3. The number of rotatable bonds is 2. The van der Waals surface area contributed by atoms with E-state index < -0.39 is 6.04 Å². The highest BCUT2D eigenvalue weighted by molar-refractivity contribution is 9.10. The molecule has 1 aliphatic rings. The number of hydrogen-bond donors (Lipinski definition) is 1. The molecule has 0 saturated heterocycles. The molecule has 0 unspecified atom stereocenters. The molecule has 124 valence electrons. The second-order valence-electron chi connectivity index (χ2n) is 5.61. The van der Waals surface area contributed by atoms with E-state index in [1.54, 1.807) is 30.0 Å². The van der Waals surface area contributed by atoms with E-state index in [0.717, 1.165) is 15.6 Å². The first kappa shape index (κ1) is 16.6. The van der Waals surface area contributed by atoms with Crippen molar-refractivity contribution in [3.8, 4) is 0 Å². The van der Waals surface area contributed by atoms with Crippen LogP contribution in [-0.4, -0.2) is 23.3 Å². The lowest BCUT2D eigenvalue weighted by atomic mass is 9.95. The maximum absolute atomic E-state index is 13.3. The summed E-state index contributed by atoms with van der Waals surface area (Å²) in [5, 5.41) is 2.84. The minimum absolute atomic E-state index is 0.0407. The van der Waals surface area contributed by atoms with Gasteiger partial charge < -0.3 is 10.2 Å². The Morgan fingerprint density at radius 1 is 1.29 bits per heavy atom. The van der Waals surface area contributed by atoms with Crippen LogP contribution in [-0.2, 0) is 9.59 Å². The molecule has 1 N–H and O–H groups in total. The summed E-state index contributed by atoms with van der Waals surface area (Å²) in [6.45, 7) is 1.72. The third-order valence-electron chi connectivity index (χ3n) is 4.02. The fraction of sp³-hybridized carbons (Fsp3) is 0.222. The lowest BCUT2D eigenvalue weighted by Crippen LogP contribution is -2.38. The number of fused-ring (bicyclic) bond motifs is 1. The Kier molecular flexibility index (Phi) is 4.66. The van der Waals surface area contributed by atoms with Gasteiger partial charge in [0.05, 0.1) is 6.04 Å². The van der Waals surface area contributed by atoms with Crippen LogP contribution in [0.15, 0.2) is 46.9 Å². The molecule has 0 radical (unpaired) electrons. The van der Waals surface area contributed by atoms with Crippen molar-refractivity contribution in [3.05, 3.63) is 63.9 Å². The van der Waals surface area contributed by atoms with E-state index in [0.29, 0.717) is 5.69 Å². The minimum Gasteiger partial charge on any atom is -0.324 e. The first-order valence-electron chi connectivity index (χ1n) is 7.64. The zero-order valence-corrected chi connectivity index (χ0v) is 14.6. The van der Waals surface area contributed by atoms with E-state index in [1.807, 2.05) is 12.1 Å². The average molecular weight is 391 g/mol. The predicted octanol–water partition coefficient (Wildman–Crippen LogP) is 3.87. The zero-order valence-electron chi connectivity index (χ0n) is 13.1. The molecule has 0 saturated carbocycles. The van der Waals surface area contributed by atoms with Crippen molar-refractivity contribution in [2.45, 2.75) is 19.4 Å². The Hall–Kier alpha value is -2.21. The molecule has 4 nitrogen and oxygen atoms in total. The SMILES string of the molecule is CCC(=O)N1CC(=O)Nc2ccc(Br)cc2[C@@H]1c1ccc(F)cc1.